The molecule has 124 valence electrons. The van der Waals surface area contributed by atoms with E-state index in [1.54, 1.807) is 13.8 Å². The molecule has 0 aromatic carbocycles. The first-order valence-corrected chi connectivity index (χ1v) is 6.99. The van der Waals surface area contributed by atoms with Crippen LogP contribution in [0.4, 0.5) is 4.39 Å². The van der Waals surface area contributed by atoms with E-state index >= 15 is 0 Å². The third kappa shape index (κ3) is 5.61. The highest BCUT2D eigenvalue weighted by molar-refractivity contribution is 5.69. The van der Waals surface area contributed by atoms with Crippen LogP contribution < -0.4 is 0 Å². The monoisotopic (exact) mass is 306 g/mol. The summed E-state index contributed by atoms with van der Waals surface area (Å²) >= 11 is 0. The number of carbonyl (C=O) groups is 2. The zero-order chi connectivity index (χ0) is 15.3. The molecule has 0 amide bonds. The lowest BCUT2D eigenvalue weighted by molar-refractivity contribution is -0.252. The van der Waals surface area contributed by atoms with Gasteiger partial charge in [0.2, 0.25) is 6.29 Å². The van der Waals surface area contributed by atoms with Gasteiger partial charge in [0.05, 0.1) is 0 Å². The van der Waals surface area contributed by atoms with Gasteiger partial charge in [-0.05, 0) is 12.3 Å². The van der Waals surface area contributed by atoms with Crippen molar-refractivity contribution in [2.75, 3.05) is 6.61 Å². The van der Waals surface area contributed by atoms with E-state index < -0.39 is 24.5 Å². The lowest BCUT2D eigenvalue weighted by Gasteiger charge is -2.40. The Hall–Kier alpha value is -1.17. The minimum Gasteiger partial charge on any atom is -0.463 e. The molecule has 0 aromatic heterocycles. The number of esters is 2. The fourth-order valence-electron chi connectivity index (χ4n) is 2.11. The first-order chi connectivity index (χ1) is 9.36. The summed E-state index contributed by atoms with van der Waals surface area (Å²) in [5, 5.41) is 0. The number of carbonyl (C=O) groups excluding carboxylic acids is 2. The van der Waals surface area contributed by atoms with Crippen LogP contribution in [0.3, 0.4) is 0 Å². The van der Waals surface area contributed by atoms with Crippen molar-refractivity contribution < 1.29 is 28.2 Å². The molecule has 0 aromatic rings. The van der Waals surface area contributed by atoms with Gasteiger partial charge in [-0.1, -0.05) is 28.2 Å². The molecular formula is C15H27FO5. The molecule has 0 radical (unpaired) electrons. The second-order valence-electron chi connectivity index (χ2n) is 5.25. The molecule has 1 rings (SSSR count). The topological polar surface area (TPSA) is 61.8 Å². The van der Waals surface area contributed by atoms with Gasteiger partial charge in [-0.2, -0.15) is 0 Å². The van der Waals surface area contributed by atoms with Crippen molar-refractivity contribution in [1.29, 1.82) is 0 Å². The van der Waals surface area contributed by atoms with E-state index in [9.17, 15) is 14.0 Å². The lowest BCUT2D eigenvalue weighted by atomic mass is 9.86. The zero-order valence-corrected chi connectivity index (χ0v) is 12.4. The number of hydrogen-bond donors (Lipinski definition) is 0. The average molecular weight is 306 g/mol. The Morgan fingerprint density at radius 1 is 1.24 bits per heavy atom. The van der Waals surface area contributed by atoms with Crippen LogP contribution in [-0.2, 0) is 23.8 Å². The smallest absolute Gasteiger partial charge is 0.308 e. The van der Waals surface area contributed by atoms with Crippen molar-refractivity contribution in [2.45, 2.75) is 66.5 Å². The second-order valence-corrected chi connectivity index (χ2v) is 5.25. The van der Waals surface area contributed by atoms with Crippen LogP contribution in [0.1, 0.15) is 48.0 Å². The highest BCUT2D eigenvalue weighted by Gasteiger charge is 2.43. The van der Waals surface area contributed by atoms with Gasteiger partial charge in [-0.15, -0.1) is 0 Å². The number of alkyl halides is 1. The summed E-state index contributed by atoms with van der Waals surface area (Å²) in [7, 11) is 0. The van der Waals surface area contributed by atoms with E-state index in [0.29, 0.717) is 12.8 Å². The Morgan fingerprint density at radius 2 is 1.86 bits per heavy atom. The lowest BCUT2D eigenvalue weighted by Crippen LogP contribution is -2.50. The van der Waals surface area contributed by atoms with E-state index in [0.717, 1.165) is 0 Å². The predicted molar refractivity (Wildman–Crippen MR) is 76.2 cm³/mol. The molecule has 1 fully saturated rings. The Bertz CT molecular complexity index is 347. The van der Waals surface area contributed by atoms with Crippen molar-refractivity contribution in [2.24, 2.45) is 11.8 Å². The summed E-state index contributed by atoms with van der Waals surface area (Å²) in [4.78, 5) is 22.3. The molecule has 0 spiro atoms. The van der Waals surface area contributed by atoms with E-state index in [4.69, 9.17) is 14.2 Å². The van der Waals surface area contributed by atoms with Gasteiger partial charge in [0, 0.05) is 19.3 Å². The Morgan fingerprint density at radius 3 is 2.38 bits per heavy atom. The fourth-order valence-corrected chi connectivity index (χ4v) is 2.11. The molecule has 6 heteroatoms. The van der Waals surface area contributed by atoms with Gasteiger partial charge in [-0.3, -0.25) is 9.59 Å². The maximum absolute atomic E-state index is 14.1. The van der Waals surface area contributed by atoms with Crippen LogP contribution >= 0.6 is 0 Å². The SMILES string of the molecule is C.CCCC(=O)O[C@H]1OC(COC(C)=O)[C@@H](F)[C@H](C)C1C. The van der Waals surface area contributed by atoms with Gasteiger partial charge in [-0.25, -0.2) is 4.39 Å². The average Bonchev–Trinajstić information content (AvgIpc) is 2.38. The van der Waals surface area contributed by atoms with Crippen molar-refractivity contribution in [3.63, 3.8) is 0 Å². The summed E-state index contributed by atoms with van der Waals surface area (Å²) in [6, 6.07) is 0. The summed E-state index contributed by atoms with van der Waals surface area (Å²) < 4.78 is 29.6. The minimum absolute atomic E-state index is 0. The normalized spacial score (nSPS) is 32.0. The minimum atomic E-state index is -1.26. The molecule has 0 aliphatic carbocycles. The summed E-state index contributed by atoms with van der Waals surface area (Å²) in [6.07, 6.45) is -1.97. The highest BCUT2D eigenvalue weighted by atomic mass is 19.1. The Balaban J connectivity index is 0.00000400. The van der Waals surface area contributed by atoms with Crippen molar-refractivity contribution in [1.82, 2.24) is 0 Å². The van der Waals surface area contributed by atoms with E-state index in [2.05, 4.69) is 0 Å². The van der Waals surface area contributed by atoms with Crippen molar-refractivity contribution >= 4 is 11.9 Å². The Kier molecular flexibility index (Phi) is 8.47. The number of halogens is 1. The van der Waals surface area contributed by atoms with E-state index in [-0.39, 0.29) is 31.8 Å². The zero-order valence-electron chi connectivity index (χ0n) is 12.4. The van der Waals surface area contributed by atoms with Gasteiger partial charge in [0.25, 0.3) is 0 Å². The van der Waals surface area contributed by atoms with Crippen LogP contribution in [0, 0.1) is 11.8 Å². The van der Waals surface area contributed by atoms with Crippen LogP contribution in [0.15, 0.2) is 0 Å². The summed E-state index contributed by atoms with van der Waals surface area (Å²) in [5.74, 6) is -1.45. The van der Waals surface area contributed by atoms with Gasteiger partial charge in [0.15, 0.2) is 0 Å². The largest absolute Gasteiger partial charge is 0.463 e. The maximum Gasteiger partial charge on any atom is 0.308 e. The van der Waals surface area contributed by atoms with Crippen molar-refractivity contribution in [3.8, 4) is 0 Å². The second kappa shape index (κ2) is 8.97. The standard InChI is InChI=1S/C14H23FO5.CH4/c1-5-6-12(17)20-14-9(3)8(2)13(15)11(19-14)7-18-10(4)16;/h8-9,11,13-14H,5-7H2,1-4H3;1H4/t8-,9?,11?,13+,14-;/m1./s1. The van der Waals surface area contributed by atoms with Crippen molar-refractivity contribution in [3.05, 3.63) is 0 Å². The molecule has 1 aliphatic rings. The first kappa shape index (κ1) is 19.8. The van der Waals surface area contributed by atoms with Crippen LogP contribution in [0.5, 0.6) is 0 Å². The third-order valence-corrected chi connectivity index (χ3v) is 3.58. The molecule has 0 saturated carbocycles. The van der Waals surface area contributed by atoms with Crippen LogP contribution in [-0.4, -0.2) is 37.1 Å². The molecule has 1 saturated heterocycles. The quantitative estimate of drug-likeness (QED) is 0.731. The molecule has 1 aliphatic heterocycles. The molecule has 2 unspecified atom stereocenters. The molecule has 5 atom stereocenters. The summed E-state index contributed by atoms with van der Waals surface area (Å²) in [5.41, 5.74) is 0. The molecule has 1 heterocycles. The van der Waals surface area contributed by atoms with Gasteiger partial charge >= 0.3 is 11.9 Å². The number of rotatable bonds is 5. The molecule has 21 heavy (non-hydrogen) atoms. The molecule has 0 N–H and O–H groups in total. The van der Waals surface area contributed by atoms with E-state index in [1.165, 1.54) is 6.92 Å². The third-order valence-electron chi connectivity index (χ3n) is 3.58. The highest BCUT2D eigenvalue weighted by Crippen LogP contribution is 2.33. The maximum atomic E-state index is 14.1. The van der Waals surface area contributed by atoms with Gasteiger partial charge < -0.3 is 14.2 Å². The molecular weight excluding hydrogens is 279 g/mol. The van der Waals surface area contributed by atoms with Crippen LogP contribution in [0.25, 0.3) is 0 Å². The fraction of sp³-hybridized carbons (Fsp3) is 0.867. The van der Waals surface area contributed by atoms with Crippen LogP contribution in [0.2, 0.25) is 0 Å². The first-order valence-electron chi connectivity index (χ1n) is 6.99. The summed E-state index contributed by atoms with van der Waals surface area (Å²) in [6.45, 7) is 6.47. The van der Waals surface area contributed by atoms with E-state index in [1.807, 2.05) is 6.92 Å². The Labute approximate surface area is 126 Å². The number of ether oxygens (including phenoxy) is 3. The molecule has 5 nitrogen and oxygen atoms in total. The predicted octanol–water partition coefficient (Wildman–Crippen LogP) is 2.86. The van der Waals surface area contributed by atoms with Gasteiger partial charge in [0.1, 0.15) is 18.9 Å². The number of hydrogen-bond acceptors (Lipinski definition) is 5. The molecule has 0 bridgehead atoms.